The largest absolute Gasteiger partial charge is 0.294 e. The second-order valence-electron chi connectivity index (χ2n) is 7.70. The van der Waals surface area contributed by atoms with Crippen LogP contribution in [0.4, 0.5) is 4.79 Å². The van der Waals surface area contributed by atoms with E-state index in [0.717, 1.165) is 66.7 Å². The molecular weight excluding hydrogens is 438 g/mol. The molecule has 32 heavy (non-hydrogen) atoms. The number of unbranched alkanes of at least 4 members (excludes halogenated alkanes) is 3. The third kappa shape index (κ3) is 5.84. The molecule has 0 aliphatic carbocycles. The molecule has 3 aromatic rings. The maximum absolute atomic E-state index is 12.6. The highest BCUT2D eigenvalue weighted by Crippen LogP contribution is 2.31. The highest BCUT2D eigenvalue weighted by Gasteiger charge is 2.34. The van der Waals surface area contributed by atoms with Gasteiger partial charge in [-0.1, -0.05) is 42.5 Å². The predicted octanol–water partition coefficient (Wildman–Crippen LogP) is 6.20. The highest BCUT2D eigenvalue weighted by molar-refractivity contribution is 8.18. The Morgan fingerprint density at radius 3 is 2.72 bits per heavy atom. The lowest BCUT2D eigenvalue weighted by Gasteiger charge is -2.12. The summed E-state index contributed by atoms with van der Waals surface area (Å²) in [7, 11) is 0. The van der Waals surface area contributed by atoms with E-state index in [1.54, 1.807) is 18.0 Å². The van der Waals surface area contributed by atoms with Gasteiger partial charge in [0, 0.05) is 18.9 Å². The number of fused-ring (bicyclic) bond motifs is 1. The molecule has 1 fully saturated rings. The van der Waals surface area contributed by atoms with Gasteiger partial charge in [0.25, 0.3) is 11.1 Å². The topological polar surface area (TPSA) is 54.7 Å². The van der Waals surface area contributed by atoms with Crippen LogP contribution >= 0.6 is 23.5 Å². The highest BCUT2D eigenvalue weighted by atomic mass is 32.2. The second-order valence-corrected chi connectivity index (χ2v) is 9.81. The number of aromatic nitrogens is 2. The fourth-order valence-electron chi connectivity index (χ4n) is 3.67. The molecule has 2 amide bonds. The number of benzene rings is 1. The van der Waals surface area contributed by atoms with Gasteiger partial charge >= 0.3 is 0 Å². The molecule has 1 aliphatic rings. The fourth-order valence-corrected chi connectivity index (χ4v) is 5.57. The minimum absolute atomic E-state index is 0.126. The molecular formula is C25H27N3O2S2. The van der Waals surface area contributed by atoms with Crippen LogP contribution in [0.15, 0.2) is 76.9 Å². The first-order valence-electron chi connectivity index (χ1n) is 11.0. The SMILES string of the molecule is O=C1SC(=CCCCCc2ccccc2)C(=O)N1CCCCSc1cccc2nccn12. The molecule has 4 rings (SSSR count). The monoisotopic (exact) mass is 465 g/mol. The molecule has 0 bridgehead atoms. The lowest BCUT2D eigenvalue weighted by Crippen LogP contribution is -2.29. The first-order chi connectivity index (χ1) is 15.7. The number of pyridine rings is 1. The number of carbonyl (C=O) groups excluding carboxylic acids is 2. The Hall–Kier alpha value is -2.51. The molecule has 1 saturated heterocycles. The van der Waals surface area contributed by atoms with Crippen molar-refractivity contribution < 1.29 is 9.59 Å². The number of carbonyl (C=O) groups is 2. The van der Waals surface area contributed by atoms with Gasteiger partial charge in [-0.05, 0) is 73.7 Å². The van der Waals surface area contributed by atoms with Crippen molar-refractivity contribution in [1.82, 2.24) is 14.3 Å². The van der Waals surface area contributed by atoms with E-state index >= 15 is 0 Å². The first-order valence-corrected chi connectivity index (χ1v) is 12.9. The number of nitrogens with zero attached hydrogens (tertiary/aromatic N) is 3. The number of imide groups is 1. The van der Waals surface area contributed by atoms with Crippen molar-refractivity contribution in [2.75, 3.05) is 12.3 Å². The van der Waals surface area contributed by atoms with Gasteiger partial charge in [-0.15, -0.1) is 11.8 Å². The van der Waals surface area contributed by atoms with Crippen LogP contribution in [0.5, 0.6) is 0 Å². The van der Waals surface area contributed by atoms with Gasteiger partial charge < -0.3 is 0 Å². The van der Waals surface area contributed by atoms with Crippen LogP contribution in [0.1, 0.15) is 37.7 Å². The summed E-state index contributed by atoms with van der Waals surface area (Å²) in [5, 5.41) is 1.02. The van der Waals surface area contributed by atoms with Crippen LogP contribution in [0, 0.1) is 0 Å². The average molecular weight is 466 g/mol. The standard InChI is InChI=1S/C25H27N3O2S2/c29-24-21(13-6-2-5-12-20-10-3-1-4-11-20)32-25(30)28(24)17-7-8-19-31-23-15-9-14-22-26-16-18-27(22)23/h1,3-4,9-11,13-16,18H,2,5-8,12,17,19H2. The summed E-state index contributed by atoms with van der Waals surface area (Å²) in [6, 6.07) is 16.5. The maximum Gasteiger partial charge on any atom is 0.293 e. The van der Waals surface area contributed by atoms with Gasteiger partial charge in [-0.2, -0.15) is 0 Å². The predicted molar refractivity (Wildman–Crippen MR) is 132 cm³/mol. The van der Waals surface area contributed by atoms with Gasteiger partial charge in [0.05, 0.1) is 9.93 Å². The molecule has 0 radical (unpaired) electrons. The quantitative estimate of drug-likeness (QED) is 0.192. The van der Waals surface area contributed by atoms with E-state index in [1.165, 1.54) is 10.5 Å². The number of imidazole rings is 1. The van der Waals surface area contributed by atoms with E-state index in [2.05, 4.69) is 39.7 Å². The zero-order chi connectivity index (χ0) is 22.2. The molecule has 166 valence electrons. The minimum Gasteiger partial charge on any atom is -0.294 e. The number of aryl methyl sites for hydroxylation is 1. The van der Waals surface area contributed by atoms with Gasteiger partial charge in [0.15, 0.2) is 0 Å². The van der Waals surface area contributed by atoms with Crippen LogP contribution in [-0.2, 0) is 11.2 Å². The number of thioether (sulfide) groups is 2. The molecule has 0 N–H and O–H groups in total. The van der Waals surface area contributed by atoms with Crippen LogP contribution in [0.25, 0.3) is 5.65 Å². The van der Waals surface area contributed by atoms with Crippen LogP contribution in [-0.4, -0.2) is 37.7 Å². The van der Waals surface area contributed by atoms with Crippen molar-refractivity contribution in [3.05, 3.63) is 77.5 Å². The third-order valence-corrected chi connectivity index (χ3v) is 7.46. The summed E-state index contributed by atoms with van der Waals surface area (Å²) < 4.78 is 2.08. The van der Waals surface area contributed by atoms with Crippen LogP contribution in [0.3, 0.4) is 0 Å². The molecule has 0 unspecified atom stereocenters. The van der Waals surface area contributed by atoms with E-state index in [-0.39, 0.29) is 11.1 Å². The van der Waals surface area contributed by atoms with Crippen LogP contribution in [0.2, 0.25) is 0 Å². The van der Waals surface area contributed by atoms with Crippen molar-refractivity contribution in [1.29, 1.82) is 0 Å². The smallest absolute Gasteiger partial charge is 0.293 e. The van der Waals surface area contributed by atoms with Crippen LogP contribution < -0.4 is 0 Å². The van der Waals surface area contributed by atoms with E-state index in [9.17, 15) is 9.59 Å². The Labute approximate surface area is 197 Å². The average Bonchev–Trinajstić information content (AvgIpc) is 3.39. The number of hydrogen-bond acceptors (Lipinski definition) is 5. The third-order valence-electron chi connectivity index (χ3n) is 5.38. The second kappa shape index (κ2) is 11.4. The Kier molecular flexibility index (Phi) is 8.07. The maximum atomic E-state index is 12.6. The zero-order valence-corrected chi connectivity index (χ0v) is 19.6. The molecule has 0 atom stereocenters. The van der Waals surface area contributed by atoms with Gasteiger partial charge in [-0.3, -0.25) is 18.9 Å². The minimum atomic E-state index is -0.138. The number of rotatable bonds is 11. The van der Waals surface area contributed by atoms with Crippen molar-refractivity contribution in [2.45, 2.75) is 43.6 Å². The molecule has 7 heteroatoms. The summed E-state index contributed by atoms with van der Waals surface area (Å²) in [5.74, 6) is 0.809. The summed E-state index contributed by atoms with van der Waals surface area (Å²) in [6.07, 6.45) is 11.4. The molecule has 3 heterocycles. The number of amides is 2. The Bertz CT molecular complexity index is 1090. The number of allylic oxidation sites excluding steroid dienone is 1. The molecule has 0 spiro atoms. The Balaban J connectivity index is 1.16. The molecule has 1 aromatic carbocycles. The molecule has 1 aliphatic heterocycles. The van der Waals surface area contributed by atoms with Gasteiger partial charge in [0.1, 0.15) is 5.65 Å². The summed E-state index contributed by atoms with van der Waals surface area (Å²) in [6.45, 7) is 0.492. The van der Waals surface area contributed by atoms with Gasteiger partial charge in [-0.25, -0.2) is 4.98 Å². The summed E-state index contributed by atoms with van der Waals surface area (Å²) in [5.41, 5.74) is 2.28. The van der Waals surface area contributed by atoms with E-state index < -0.39 is 0 Å². The number of hydrogen-bond donors (Lipinski definition) is 0. The first kappa shape index (κ1) is 22.7. The van der Waals surface area contributed by atoms with E-state index in [0.29, 0.717) is 11.4 Å². The van der Waals surface area contributed by atoms with Crippen molar-refractivity contribution in [3.63, 3.8) is 0 Å². The molecule has 2 aromatic heterocycles. The van der Waals surface area contributed by atoms with E-state index in [1.807, 2.05) is 30.5 Å². The molecule has 0 saturated carbocycles. The normalized spacial score (nSPS) is 15.4. The zero-order valence-electron chi connectivity index (χ0n) is 18.0. The van der Waals surface area contributed by atoms with Crippen molar-refractivity contribution in [3.8, 4) is 0 Å². The van der Waals surface area contributed by atoms with Gasteiger partial charge in [0.2, 0.25) is 0 Å². The summed E-state index contributed by atoms with van der Waals surface area (Å²) >= 11 is 2.85. The lowest BCUT2D eigenvalue weighted by atomic mass is 10.1. The van der Waals surface area contributed by atoms with Crippen molar-refractivity contribution >= 4 is 40.3 Å². The Morgan fingerprint density at radius 1 is 0.969 bits per heavy atom. The van der Waals surface area contributed by atoms with E-state index in [4.69, 9.17) is 0 Å². The molecule has 5 nitrogen and oxygen atoms in total. The summed E-state index contributed by atoms with van der Waals surface area (Å²) in [4.78, 5) is 31.2. The lowest BCUT2D eigenvalue weighted by molar-refractivity contribution is -0.122. The fraction of sp³-hybridized carbons (Fsp3) is 0.320. The van der Waals surface area contributed by atoms with Crippen molar-refractivity contribution in [2.24, 2.45) is 0 Å². The Morgan fingerprint density at radius 2 is 1.84 bits per heavy atom.